The van der Waals surface area contributed by atoms with Gasteiger partial charge in [0, 0.05) is 23.2 Å². The van der Waals surface area contributed by atoms with Crippen LogP contribution in [0.4, 0.5) is 5.69 Å². The molecule has 1 rings (SSSR count). The largest absolute Gasteiger partial charge is 0.463 e. The van der Waals surface area contributed by atoms with Crippen LogP contribution < -0.4 is 5.32 Å². The van der Waals surface area contributed by atoms with E-state index in [2.05, 4.69) is 17.4 Å². The van der Waals surface area contributed by atoms with Crippen LogP contribution in [0, 0.1) is 0 Å². The van der Waals surface area contributed by atoms with E-state index in [4.69, 9.17) is 4.74 Å². The predicted molar refractivity (Wildman–Crippen MR) is 72.5 cm³/mol. The van der Waals surface area contributed by atoms with Crippen molar-refractivity contribution in [2.24, 2.45) is 0 Å². The maximum absolute atomic E-state index is 11.0. The minimum Gasteiger partial charge on any atom is -0.463 e. The van der Waals surface area contributed by atoms with Crippen molar-refractivity contribution in [3.63, 3.8) is 0 Å². The lowest BCUT2D eigenvalue weighted by atomic mass is 10.3. The van der Waals surface area contributed by atoms with Gasteiger partial charge in [0.1, 0.15) is 0 Å². The molecule has 0 heterocycles. The number of hydrogen-bond donors (Lipinski definition) is 1. The van der Waals surface area contributed by atoms with Crippen LogP contribution in [0.1, 0.15) is 6.92 Å². The molecule has 0 amide bonds. The van der Waals surface area contributed by atoms with E-state index in [0.29, 0.717) is 13.2 Å². The molecular weight excluding hydrogens is 234 g/mol. The summed E-state index contributed by atoms with van der Waals surface area (Å²) in [6.45, 7) is 2.81. The molecule has 1 aromatic carbocycles. The first-order valence-electron chi connectivity index (χ1n) is 5.47. The Bertz CT molecular complexity index is 374. The van der Waals surface area contributed by atoms with Gasteiger partial charge >= 0.3 is 5.97 Å². The Balaban J connectivity index is 2.32. The first-order valence-corrected chi connectivity index (χ1v) is 6.70. The number of nitrogens with one attached hydrogen (secondary N) is 1. The summed E-state index contributed by atoms with van der Waals surface area (Å²) in [6, 6.07) is 8.15. The molecule has 92 valence electrons. The molecule has 1 aromatic rings. The molecule has 0 bridgehead atoms. The molecule has 0 aliphatic rings. The number of benzene rings is 1. The number of anilines is 1. The van der Waals surface area contributed by atoms with E-state index >= 15 is 0 Å². The molecule has 0 aliphatic heterocycles. The Morgan fingerprint density at radius 3 is 2.71 bits per heavy atom. The highest BCUT2D eigenvalue weighted by molar-refractivity contribution is 7.98. The van der Waals surface area contributed by atoms with Crippen molar-refractivity contribution in [2.45, 2.75) is 11.8 Å². The number of rotatable bonds is 6. The number of esters is 1. The summed E-state index contributed by atoms with van der Waals surface area (Å²) in [5, 5.41) is 3.19. The van der Waals surface area contributed by atoms with E-state index in [1.165, 1.54) is 11.0 Å². The SMILES string of the molecule is CCOC(=O)/C=C/CNc1ccc(SC)cc1. The molecule has 17 heavy (non-hydrogen) atoms. The predicted octanol–water partition coefficient (Wildman–Crippen LogP) is 2.94. The number of hydrogen-bond acceptors (Lipinski definition) is 4. The van der Waals surface area contributed by atoms with Crippen LogP contribution in [0.15, 0.2) is 41.3 Å². The van der Waals surface area contributed by atoms with E-state index in [1.807, 2.05) is 18.4 Å². The Labute approximate surface area is 106 Å². The lowest BCUT2D eigenvalue weighted by molar-refractivity contribution is -0.137. The molecule has 0 saturated carbocycles. The molecule has 0 fully saturated rings. The maximum Gasteiger partial charge on any atom is 0.330 e. The van der Waals surface area contributed by atoms with Gasteiger partial charge in [-0.3, -0.25) is 0 Å². The molecule has 0 saturated heterocycles. The monoisotopic (exact) mass is 251 g/mol. The van der Waals surface area contributed by atoms with Crippen molar-refractivity contribution in [1.82, 2.24) is 0 Å². The first-order chi connectivity index (χ1) is 8.26. The van der Waals surface area contributed by atoms with Crippen LogP contribution >= 0.6 is 11.8 Å². The maximum atomic E-state index is 11.0. The summed E-state index contributed by atoms with van der Waals surface area (Å²) < 4.78 is 4.77. The van der Waals surface area contributed by atoms with E-state index in [9.17, 15) is 4.79 Å². The second kappa shape index (κ2) is 7.79. The van der Waals surface area contributed by atoms with Crippen LogP contribution in [0.3, 0.4) is 0 Å². The van der Waals surface area contributed by atoms with Gasteiger partial charge in [0.2, 0.25) is 0 Å². The second-order valence-electron chi connectivity index (χ2n) is 3.26. The lowest BCUT2D eigenvalue weighted by Crippen LogP contribution is -2.02. The van der Waals surface area contributed by atoms with Gasteiger partial charge < -0.3 is 10.1 Å². The van der Waals surface area contributed by atoms with Crippen molar-refractivity contribution in [1.29, 1.82) is 0 Å². The fraction of sp³-hybridized carbons (Fsp3) is 0.308. The average molecular weight is 251 g/mol. The van der Waals surface area contributed by atoms with Gasteiger partial charge in [-0.2, -0.15) is 0 Å². The molecule has 1 N–H and O–H groups in total. The van der Waals surface area contributed by atoms with Gasteiger partial charge in [-0.25, -0.2) is 4.79 Å². The Morgan fingerprint density at radius 2 is 2.12 bits per heavy atom. The fourth-order valence-corrected chi connectivity index (χ4v) is 1.64. The highest BCUT2D eigenvalue weighted by Crippen LogP contribution is 2.17. The Kier molecular flexibility index (Phi) is 6.25. The molecule has 0 atom stereocenters. The summed E-state index contributed by atoms with van der Waals surface area (Å²) in [4.78, 5) is 12.2. The Morgan fingerprint density at radius 1 is 1.41 bits per heavy atom. The zero-order chi connectivity index (χ0) is 12.5. The van der Waals surface area contributed by atoms with E-state index in [0.717, 1.165) is 5.69 Å². The van der Waals surface area contributed by atoms with Crippen LogP contribution in [0.5, 0.6) is 0 Å². The van der Waals surface area contributed by atoms with Gasteiger partial charge in [0.05, 0.1) is 6.61 Å². The second-order valence-corrected chi connectivity index (χ2v) is 4.14. The highest BCUT2D eigenvalue weighted by atomic mass is 32.2. The van der Waals surface area contributed by atoms with Crippen molar-refractivity contribution >= 4 is 23.4 Å². The quantitative estimate of drug-likeness (QED) is 0.479. The van der Waals surface area contributed by atoms with Crippen molar-refractivity contribution in [2.75, 3.05) is 24.7 Å². The van der Waals surface area contributed by atoms with Gasteiger partial charge in [-0.05, 0) is 37.4 Å². The lowest BCUT2D eigenvalue weighted by Gasteiger charge is -2.03. The molecule has 0 unspecified atom stereocenters. The topological polar surface area (TPSA) is 38.3 Å². The van der Waals surface area contributed by atoms with E-state index in [1.54, 1.807) is 24.8 Å². The number of carbonyl (C=O) groups is 1. The summed E-state index contributed by atoms with van der Waals surface area (Å²) >= 11 is 1.71. The zero-order valence-electron chi connectivity index (χ0n) is 10.1. The van der Waals surface area contributed by atoms with Gasteiger partial charge in [-0.1, -0.05) is 6.08 Å². The highest BCUT2D eigenvalue weighted by Gasteiger charge is 1.93. The number of carbonyl (C=O) groups excluding carboxylic acids is 1. The summed E-state index contributed by atoms with van der Waals surface area (Å²) in [5.41, 5.74) is 1.04. The smallest absolute Gasteiger partial charge is 0.330 e. The van der Waals surface area contributed by atoms with Crippen LogP contribution in [-0.4, -0.2) is 25.4 Å². The third-order valence-corrected chi connectivity index (χ3v) is 2.80. The molecule has 0 radical (unpaired) electrons. The van der Waals surface area contributed by atoms with Crippen molar-refractivity contribution in [3.8, 4) is 0 Å². The minimum atomic E-state index is -0.299. The van der Waals surface area contributed by atoms with E-state index < -0.39 is 0 Å². The number of ether oxygens (including phenoxy) is 1. The molecule has 0 spiro atoms. The fourth-order valence-electron chi connectivity index (χ4n) is 1.23. The summed E-state index contributed by atoms with van der Waals surface area (Å²) in [7, 11) is 0. The third kappa shape index (κ3) is 5.45. The average Bonchev–Trinajstić information content (AvgIpc) is 2.36. The summed E-state index contributed by atoms with van der Waals surface area (Å²) in [6.07, 6.45) is 5.23. The van der Waals surface area contributed by atoms with Crippen LogP contribution in [0.2, 0.25) is 0 Å². The van der Waals surface area contributed by atoms with Gasteiger partial charge in [0.25, 0.3) is 0 Å². The number of thioether (sulfide) groups is 1. The summed E-state index contributed by atoms with van der Waals surface area (Å²) in [5.74, 6) is -0.299. The third-order valence-electron chi connectivity index (χ3n) is 2.05. The molecule has 3 nitrogen and oxygen atoms in total. The Hall–Kier alpha value is -1.42. The van der Waals surface area contributed by atoms with Crippen molar-refractivity contribution < 1.29 is 9.53 Å². The van der Waals surface area contributed by atoms with Crippen LogP contribution in [-0.2, 0) is 9.53 Å². The van der Waals surface area contributed by atoms with Gasteiger partial charge in [-0.15, -0.1) is 11.8 Å². The zero-order valence-corrected chi connectivity index (χ0v) is 10.9. The molecule has 0 aliphatic carbocycles. The minimum absolute atomic E-state index is 0.299. The van der Waals surface area contributed by atoms with Crippen LogP contribution in [0.25, 0.3) is 0 Å². The molecular formula is C13H17NO2S. The standard InChI is InChI=1S/C13H17NO2S/c1-3-16-13(15)5-4-10-14-11-6-8-12(17-2)9-7-11/h4-9,14H,3,10H2,1-2H3/b5-4+. The van der Waals surface area contributed by atoms with E-state index in [-0.39, 0.29) is 5.97 Å². The molecule has 0 aromatic heterocycles. The normalized spacial score (nSPS) is 10.5. The molecule has 4 heteroatoms. The first kappa shape index (κ1) is 13.6. The van der Waals surface area contributed by atoms with Crippen molar-refractivity contribution in [3.05, 3.63) is 36.4 Å². The van der Waals surface area contributed by atoms with Gasteiger partial charge in [0.15, 0.2) is 0 Å².